The van der Waals surface area contributed by atoms with Crippen molar-refractivity contribution in [2.24, 2.45) is 0 Å². The topological polar surface area (TPSA) is 20.3 Å². The van der Waals surface area contributed by atoms with E-state index in [1.54, 1.807) is 6.07 Å². The molecular weight excluding hydrogens is 250 g/mol. The van der Waals surface area contributed by atoms with Crippen LogP contribution in [0.15, 0.2) is 29.1 Å². The lowest BCUT2D eigenvalue weighted by Gasteiger charge is -2.18. The number of hydrogen-bond donors (Lipinski definition) is 0. The first-order chi connectivity index (χ1) is 8.87. The van der Waals surface area contributed by atoms with E-state index in [-0.39, 0.29) is 5.43 Å². The van der Waals surface area contributed by atoms with Crippen LogP contribution in [0.1, 0.15) is 19.4 Å². The molecular formula is C16H23NOSi. The van der Waals surface area contributed by atoms with Crippen LogP contribution < -0.4 is 10.3 Å². The summed E-state index contributed by atoms with van der Waals surface area (Å²) in [4.78, 5) is 14.1. The van der Waals surface area contributed by atoms with E-state index in [4.69, 9.17) is 0 Å². The number of hydrogen-bond acceptors (Lipinski definition) is 2. The van der Waals surface area contributed by atoms with E-state index < -0.39 is 8.07 Å². The maximum Gasteiger partial charge on any atom is 0.201 e. The molecule has 0 atom stereocenters. The lowest BCUT2D eigenvalue weighted by atomic mass is 10.3. The average Bonchev–Trinajstić information content (AvgIpc) is 2.51. The van der Waals surface area contributed by atoms with Gasteiger partial charge in [-0.25, -0.2) is 0 Å². The van der Waals surface area contributed by atoms with Gasteiger partial charge in [0, 0.05) is 18.7 Å². The molecule has 0 aliphatic heterocycles. The van der Waals surface area contributed by atoms with E-state index in [0.717, 1.165) is 24.3 Å². The fraction of sp³-hybridized carbons (Fsp3) is 0.438. The van der Waals surface area contributed by atoms with Crippen molar-refractivity contribution in [1.82, 2.24) is 0 Å². The fourth-order valence-electron chi connectivity index (χ4n) is 1.73. The van der Waals surface area contributed by atoms with Crippen LogP contribution in [0.4, 0.5) is 5.69 Å². The molecule has 0 saturated carbocycles. The first-order valence-electron chi connectivity index (χ1n) is 6.80. The Hall–Kier alpha value is -1.53. The largest absolute Gasteiger partial charge is 0.369 e. The van der Waals surface area contributed by atoms with Crippen LogP contribution in [-0.4, -0.2) is 21.2 Å². The van der Waals surface area contributed by atoms with Gasteiger partial charge < -0.3 is 4.90 Å². The van der Waals surface area contributed by atoms with Gasteiger partial charge in [0.2, 0.25) is 5.43 Å². The van der Waals surface area contributed by atoms with Crippen LogP contribution in [-0.2, 0) is 0 Å². The molecule has 0 radical (unpaired) electrons. The van der Waals surface area contributed by atoms with Gasteiger partial charge >= 0.3 is 0 Å². The Morgan fingerprint density at radius 3 is 2.16 bits per heavy atom. The van der Waals surface area contributed by atoms with Crippen LogP contribution in [0.5, 0.6) is 0 Å². The lowest BCUT2D eigenvalue weighted by Crippen LogP contribution is -2.26. The molecule has 0 saturated heterocycles. The highest BCUT2D eigenvalue weighted by atomic mass is 28.3. The highest BCUT2D eigenvalue weighted by molar-refractivity contribution is 6.83. The molecule has 3 heteroatoms. The summed E-state index contributed by atoms with van der Waals surface area (Å²) in [6.45, 7) is 12.4. The SMILES string of the molecule is CCN(CC)c1ccc(C#C[Si](C)(C)C)ccc1=O. The van der Waals surface area contributed by atoms with Crippen molar-refractivity contribution in [3.63, 3.8) is 0 Å². The minimum absolute atomic E-state index is 0.0600. The predicted octanol–water partition coefficient (Wildman–Crippen LogP) is 3.12. The third-order valence-electron chi connectivity index (χ3n) is 2.77. The molecule has 2 nitrogen and oxygen atoms in total. The third kappa shape index (κ3) is 4.92. The van der Waals surface area contributed by atoms with E-state index >= 15 is 0 Å². The molecule has 0 bridgehead atoms. The maximum atomic E-state index is 12.1. The molecule has 102 valence electrons. The van der Waals surface area contributed by atoms with E-state index in [9.17, 15) is 4.79 Å². The summed E-state index contributed by atoms with van der Waals surface area (Å²) >= 11 is 0. The number of anilines is 1. The van der Waals surface area contributed by atoms with Gasteiger partial charge in [0.15, 0.2) is 0 Å². The molecule has 1 aromatic rings. The van der Waals surface area contributed by atoms with Crippen molar-refractivity contribution in [2.75, 3.05) is 18.0 Å². The van der Waals surface area contributed by atoms with Crippen LogP contribution >= 0.6 is 0 Å². The summed E-state index contributed by atoms with van der Waals surface area (Å²) < 4.78 is 0. The normalized spacial score (nSPS) is 10.6. The van der Waals surface area contributed by atoms with Crippen LogP contribution in [0.25, 0.3) is 0 Å². The second-order valence-electron chi connectivity index (χ2n) is 5.54. The zero-order chi connectivity index (χ0) is 14.5. The Kier molecular flexibility index (Phi) is 5.38. The molecule has 0 unspecified atom stereocenters. The number of rotatable bonds is 3. The van der Waals surface area contributed by atoms with E-state index in [1.165, 1.54) is 0 Å². The lowest BCUT2D eigenvalue weighted by molar-refractivity contribution is 0.863. The molecule has 0 aliphatic carbocycles. The van der Waals surface area contributed by atoms with Gasteiger partial charge in [0.05, 0.1) is 5.69 Å². The first-order valence-corrected chi connectivity index (χ1v) is 10.3. The second kappa shape index (κ2) is 6.58. The Bertz CT molecular complexity index is 545. The van der Waals surface area contributed by atoms with Crippen molar-refractivity contribution in [3.05, 3.63) is 40.1 Å². The van der Waals surface area contributed by atoms with E-state index in [1.807, 2.05) is 18.2 Å². The summed E-state index contributed by atoms with van der Waals surface area (Å²) in [5, 5.41) is 0. The van der Waals surface area contributed by atoms with E-state index in [2.05, 4.69) is 49.9 Å². The molecule has 0 N–H and O–H groups in total. The first kappa shape index (κ1) is 15.5. The van der Waals surface area contributed by atoms with Crippen molar-refractivity contribution >= 4 is 13.8 Å². The second-order valence-corrected chi connectivity index (χ2v) is 10.3. The Labute approximate surface area is 117 Å². The van der Waals surface area contributed by atoms with Crippen molar-refractivity contribution in [2.45, 2.75) is 33.5 Å². The van der Waals surface area contributed by atoms with Crippen LogP contribution in [0.3, 0.4) is 0 Å². The molecule has 0 heterocycles. The Morgan fingerprint density at radius 1 is 1.05 bits per heavy atom. The summed E-state index contributed by atoms with van der Waals surface area (Å²) in [6, 6.07) is 7.29. The standard InChI is InChI=1S/C16H23NOSi/c1-6-17(7-2)15-10-8-14(9-11-16(15)18)12-13-19(3,4)5/h8-11H,6-7H2,1-5H3. The van der Waals surface area contributed by atoms with Crippen molar-refractivity contribution in [1.29, 1.82) is 0 Å². The van der Waals surface area contributed by atoms with Crippen molar-refractivity contribution in [3.8, 4) is 11.5 Å². The summed E-state index contributed by atoms with van der Waals surface area (Å²) in [5.74, 6) is 3.19. The quantitative estimate of drug-likeness (QED) is 0.623. The highest BCUT2D eigenvalue weighted by Gasteiger charge is 2.08. The fourth-order valence-corrected chi connectivity index (χ4v) is 2.25. The molecule has 0 amide bonds. The minimum Gasteiger partial charge on any atom is -0.369 e. The zero-order valence-corrected chi connectivity index (χ0v) is 13.6. The van der Waals surface area contributed by atoms with Gasteiger partial charge in [-0.2, -0.15) is 0 Å². The monoisotopic (exact) mass is 273 g/mol. The molecule has 0 aliphatic rings. The molecule has 19 heavy (non-hydrogen) atoms. The van der Waals surface area contributed by atoms with Gasteiger partial charge in [-0.15, -0.1) is 5.54 Å². The van der Waals surface area contributed by atoms with E-state index in [0.29, 0.717) is 0 Å². The summed E-state index contributed by atoms with van der Waals surface area (Å²) in [7, 11) is -1.38. The molecule has 0 fully saturated rings. The van der Waals surface area contributed by atoms with Gasteiger partial charge in [0.1, 0.15) is 8.07 Å². The molecule has 0 aromatic heterocycles. The summed E-state index contributed by atoms with van der Waals surface area (Å²) in [5.41, 5.74) is 5.05. The van der Waals surface area contributed by atoms with Crippen molar-refractivity contribution < 1.29 is 0 Å². The maximum absolute atomic E-state index is 12.1. The van der Waals surface area contributed by atoms with Gasteiger partial charge in [-0.1, -0.05) is 25.6 Å². The molecule has 1 aromatic carbocycles. The van der Waals surface area contributed by atoms with Crippen LogP contribution in [0, 0.1) is 11.5 Å². The van der Waals surface area contributed by atoms with Crippen LogP contribution in [0.2, 0.25) is 19.6 Å². The predicted molar refractivity (Wildman–Crippen MR) is 86.5 cm³/mol. The number of nitrogens with zero attached hydrogens (tertiary/aromatic N) is 1. The highest BCUT2D eigenvalue weighted by Crippen LogP contribution is 2.08. The average molecular weight is 273 g/mol. The molecule has 0 spiro atoms. The van der Waals surface area contributed by atoms with Gasteiger partial charge in [-0.3, -0.25) is 4.79 Å². The smallest absolute Gasteiger partial charge is 0.201 e. The summed E-state index contributed by atoms with van der Waals surface area (Å²) in [6.07, 6.45) is 0. The minimum atomic E-state index is -1.38. The van der Waals surface area contributed by atoms with Gasteiger partial charge in [-0.05, 0) is 38.1 Å². The Morgan fingerprint density at radius 2 is 1.63 bits per heavy atom. The molecule has 1 rings (SSSR count). The Balaban J connectivity index is 3.20. The van der Waals surface area contributed by atoms with Gasteiger partial charge in [0.25, 0.3) is 0 Å². The zero-order valence-electron chi connectivity index (χ0n) is 12.6. The third-order valence-corrected chi connectivity index (χ3v) is 3.65.